The average molecular weight is 300 g/mol. The van der Waals surface area contributed by atoms with E-state index in [1.54, 1.807) is 42.6 Å². The number of rotatable bonds is 4. The van der Waals surface area contributed by atoms with Gasteiger partial charge in [0.2, 0.25) is 0 Å². The van der Waals surface area contributed by atoms with Gasteiger partial charge < -0.3 is 10.5 Å². The maximum Gasteiger partial charge on any atom is 0.345 e. The summed E-state index contributed by atoms with van der Waals surface area (Å²) < 4.78 is 5.33. The molecule has 0 saturated carbocycles. The second-order valence-electron chi connectivity index (χ2n) is 3.90. The van der Waals surface area contributed by atoms with Crippen molar-refractivity contribution in [2.45, 2.75) is 0 Å². The van der Waals surface area contributed by atoms with Crippen molar-refractivity contribution in [2.24, 2.45) is 10.8 Å². The minimum Gasteiger partial charge on any atom is -0.422 e. The van der Waals surface area contributed by atoms with Gasteiger partial charge in [-0.05, 0) is 36.5 Å². The van der Waals surface area contributed by atoms with Gasteiger partial charge in [-0.1, -0.05) is 12.1 Å². The summed E-state index contributed by atoms with van der Waals surface area (Å²) in [5, 5.41) is 3.89. The number of hydrogen-bond acceptors (Lipinski definition) is 5. The van der Waals surface area contributed by atoms with Crippen molar-refractivity contribution in [3.05, 3.63) is 59.9 Å². The number of benzene rings is 1. The minimum absolute atomic E-state index is 0.0519. The molecule has 0 bridgehead atoms. The Morgan fingerprint density at radius 2 is 2.14 bits per heavy atom. The zero-order chi connectivity index (χ0) is 15.1. The Hall–Kier alpha value is -2.80. The summed E-state index contributed by atoms with van der Waals surface area (Å²) in [6, 6.07) is 10.2. The first-order valence-corrected chi connectivity index (χ1v) is 6.37. The monoisotopic (exact) mass is 300 g/mol. The molecular weight excluding hydrogens is 288 g/mol. The van der Waals surface area contributed by atoms with Gasteiger partial charge in [0.1, 0.15) is 5.75 Å². The fourth-order valence-corrected chi connectivity index (χ4v) is 1.54. The highest BCUT2D eigenvalue weighted by atomic mass is 32.1. The van der Waals surface area contributed by atoms with Gasteiger partial charge in [-0.2, -0.15) is 5.10 Å². The molecule has 0 amide bonds. The third-order valence-corrected chi connectivity index (χ3v) is 2.49. The van der Waals surface area contributed by atoms with E-state index in [1.165, 1.54) is 12.4 Å². The van der Waals surface area contributed by atoms with Gasteiger partial charge in [0, 0.05) is 18.0 Å². The summed E-state index contributed by atoms with van der Waals surface area (Å²) in [5.74, 6) is -0.119. The Labute approximate surface area is 126 Å². The largest absolute Gasteiger partial charge is 0.422 e. The molecule has 0 fully saturated rings. The highest BCUT2D eigenvalue weighted by molar-refractivity contribution is 7.80. The number of thiocarbonyl (C=S) groups is 1. The Morgan fingerprint density at radius 1 is 1.33 bits per heavy atom. The summed E-state index contributed by atoms with van der Waals surface area (Å²) in [5.41, 5.74) is 8.68. The van der Waals surface area contributed by atoms with Gasteiger partial charge >= 0.3 is 5.97 Å². The summed E-state index contributed by atoms with van der Waals surface area (Å²) in [6.45, 7) is 0. The molecule has 0 unspecified atom stereocenters. The number of para-hydroxylation sites is 1. The number of nitrogens with zero attached hydrogens (tertiary/aromatic N) is 2. The summed E-state index contributed by atoms with van der Waals surface area (Å²) in [7, 11) is 0. The SMILES string of the molecule is NC(=S)N/N=C\c1ccccc1OC(=O)c1cccnc1. The normalized spacial score (nSPS) is 10.3. The molecule has 0 aliphatic rings. The lowest BCUT2D eigenvalue weighted by atomic mass is 10.2. The number of hydrazone groups is 1. The molecular formula is C14H12N4O2S. The Bertz CT molecular complexity index is 674. The van der Waals surface area contributed by atoms with Crippen LogP contribution in [-0.2, 0) is 0 Å². The lowest BCUT2D eigenvalue weighted by molar-refractivity contribution is 0.0734. The number of nitrogens with two attached hydrogens (primary N) is 1. The maximum absolute atomic E-state index is 12.0. The van der Waals surface area contributed by atoms with Crippen LogP contribution in [-0.4, -0.2) is 22.3 Å². The number of hydrogen-bond donors (Lipinski definition) is 2. The van der Waals surface area contributed by atoms with Gasteiger partial charge in [0.15, 0.2) is 5.11 Å². The topological polar surface area (TPSA) is 89.6 Å². The quantitative estimate of drug-likeness (QED) is 0.292. The maximum atomic E-state index is 12.0. The predicted octanol–water partition coefficient (Wildman–Crippen LogP) is 1.47. The van der Waals surface area contributed by atoms with Crippen molar-refractivity contribution in [3.63, 3.8) is 0 Å². The zero-order valence-electron chi connectivity index (χ0n) is 10.9. The van der Waals surface area contributed by atoms with Crippen LogP contribution >= 0.6 is 12.2 Å². The standard InChI is InChI=1S/C14H12N4O2S/c15-14(21)18-17-9-10-4-1-2-6-12(10)20-13(19)11-5-3-7-16-8-11/h1-9H,(H3,15,18,21)/b17-9-. The Balaban J connectivity index is 2.15. The number of ether oxygens (including phenoxy) is 1. The van der Waals surface area contributed by atoms with E-state index in [-0.39, 0.29) is 5.11 Å². The number of carbonyl (C=O) groups excluding carboxylic acids is 1. The lowest BCUT2D eigenvalue weighted by Crippen LogP contribution is -2.24. The molecule has 1 heterocycles. The average Bonchev–Trinajstić information content (AvgIpc) is 2.49. The highest BCUT2D eigenvalue weighted by Crippen LogP contribution is 2.17. The van der Waals surface area contributed by atoms with Crippen LogP contribution in [0.25, 0.3) is 0 Å². The van der Waals surface area contributed by atoms with Crippen LogP contribution in [0.2, 0.25) is 0 Å². The van der Waals surface area contributed by atoms with Crippen molar-refractivity contribution in [1.29, 1.82) is 0 Å². The van der Waals surface area contributed by atoms with E-state index in [0.29, 0.717) is 16.9 Å². The molecule has 0 aliphatic heterocycles. The van der Waals surface area contributed by atoms with E-state index in [0.717, 1.165) is 0 Å². The van der Waals surface area contributed by atoms with E-state index in [2.05, 4.69) is 27.7 Å². The van der Waals surface area contributed by atoms with Crippen LogP contribution < -0.4 is 15.9 Å². The van der Waals surface area contributed by atoms with E-state index in [4.69, 9.17) is 10.5 Å². The third kappa shape index (κ3) is 4.36. The van der Waals surface area contributed by atoms with Crippen LogP contribution in [0.1, 0.15) is 15.9 Å². The smallest absolute Gasteiger partial charge is 0.345 e. The first-order chi connectivity index (χ1) is 10.2. The predicted molar refractivity (Wildman–Crippen MR) is 83.2 cm³/mol. The van der Waals surface area contributed by atoms with Gasteiger partial charge in [-0.3, -0.25) is 10.4 Å². The molecule has 1 aromatic heterocycles. The Morgan fingerprint density at radius 3 is 2.86 bits per heavy atom. The first-order valence-electron chi connectivity index (χ1n) is 5.96. The van der Waals surface area contributed by atoms with Crippen molar-refractivity contribution in [2.75, 3.05) is 0 Å². The second kappa shape index (κ2) is 7.11. The van der Waals surface area contributed by atoms with E-state index in [9.17, 15) is 4.79 Å². The molecule has 0 radical (unpaired) electrons. The van der Waals surface area contributed by atoms with Crippen LogP contribution in [0.15, 0.2) is 53.9 Å². The number of pyridine rings is 1. The number of esters is 1. The molecule has 0 atom stereocenters. The molecule has 2 rings (SSSR count). The molecule has 106 valence electrons. The fourth-order valence-electron chi connectivity index (χ4n) is 1.49. The molecule has 7 heteroatoms. The van der Waals surface area contributed by atoms with Crippen LogP contribution in [0.4, 0.5) is 0 Å². The highest BCUT2D eigenvalue weighted by Gasteiger charge is 2.10. The molecule has 0 saturated heterocycles. The first kappa shape index (κ1) is 14.6. The molecule has 3 N–H and O–H groups in total. The molecule has 0 spiro atoms. The molecule has 6 nitrogen and oxygen atoms in total. The minimum atomic E-state index is -0.494. The van der Waals surface area contributed by atoms with Gasteiger partial charge in [-0.25, -0.2) is 4.79 Å². The lowest BCUT2D eigenvalue weighted by Gasteiger charge is -2.06. The van der Waals surface area contributed by atoms with Crippen LogP contribution in [0.5, 0.6) is 5.75 Å². The number of nitrogens with one attached hydrogen (secondary N) is 1. The summed E-state index contributed by atoms with van der Waals surface area (Å²) in [6.07, 6.45) is 4.48. The van der Waals surface area contributed by atoms with Crippen LogP contribution in [0, 0.1) is 0 Å². The van der Waals surface area contributed by atoms with Crippen molar-refractivity contribution < 1.29 is 9.53 Å². The third-order valence-electron chi connectivity index (χ3n) is 2.40. The van der Waals surface area contributed by atoms with E-state index < -0.39 is 5.97 Å². The summed E-state index contributed by atoms with van der Waals surface area (Å²) in [4.78, 5) is 15.9. The zero-order valence-corrected chi connectivity index (χ0v) is 11.7. The summed E-state index contributed by atoms with van der Waals surface area (Å²) >= 11 is 4.64. The van der Waals surface area contributed by atoms with E-state index >= 15 is 0 Å². The molecule has 0 aliphatic carbocycles. The van der Waals surface area contributed by atoms with E-state index in [1.807, 2.05) is 0 Å². The molecule has 2 aromatic rings. The fraction of sp³-hybridized carbons (Fsp3) is 0. The number of aromatic nitrogens is 1. The van der Waals surface area contributed by atoms with Crippen molar-refractivity contribution >= 4 is 29.5 Å². The molecule has 21 heavy (non-hydrogen) atoms. The van der Waals surface area contributed by atoms with Gasteiger partial charge in [0.25, 0.3) is 0 Å². The number of carbonyl (C=O) groups is 1. The van der Waals surface area contributed by atoms with Crippen LogP contribution in [0.3, 0.4) is 0 Å². The van der Waals surface area contributed by atoms with Crippen molar-refractivity contribution in [1.82, 2.24) is 10.4 Å². The van der Waals surface area contributed by atoms with Gasteiger partial charge in [0.05, 0.1) is 11.8 Å². The Kier molecular flexibility index (Phi) is 4.94. The molecule has 1 aromatic carbocycles. The van der Waals surface area contributed by atoms with Crippen molar-refractivity contribution in [3.8, 4) is 5.75 Å². The van der Waals surface area contributed by atoms with Gasteiger partial charge in [-0.15, -0.1) is 0 Å². The second-order valence-corrected chi connectivity index (χ2v) is 4.34.